The van der Waals surface area contributed by atoms with E-state index < -0.39 is 30.8 Å². The zero-order valence-electron chi connectivity index (χ0n) is 13.6. The Morgan fingerprint density at radius 2 is 2.08 bits per heavy atom. The maximum absolute atomic E-state index is 13.2. The minimum atomic E-state index is -2.84. The molecule has 0 radical (unpaired) electrons. The number of likely N-dealkylation sites (tertiary alicyclic amines) is 1. The van der Waals surface area contributed by atoms with Crippen LogP contribution in [0.5, 0.6) is 0 Å². The van der Waals surface area contributed by atoms with Gasteiger partial charge < -0.3 is 15.0 Å². The summed E-state index contributed by atoms with van der Waals surface area (Å²) in [5.41, 5.74) is 0. The van der Waals surface area contributed by atoms with Gasteiger partial charge in [-0.1, -0.05) is 0 Å². The first-order valence-corrected chi connectivity index (χ1v) is 8.42. The number of carbonyl (C=O) groups is 2. The number of halogens is 2. The normalized spacial score (nSPS) is 30.8. The Morgan fingerprint density at radius 3 is 2.75 bits per heavy atom. The van der Waals surface area contributed by atoms with Crippen LogP contribution in [0.25, 0.3) is 0 Å². The van der Waals surface area contributed by atoms with Crippen LogP contribution in [0.3, 0.4) is 0 Å². The average molecular weight is 346 g/mol. The summed E-state index contributed by atoms with van der Waals surface area (Å²) in [4.78, 5) is 28.1. The Balaban J connectivity index is 1.42. The SMILES string of the molecule is O=C(NC1CC(=O)N(CCN2CCOCC2)C1)C1CC(F)(F)CN1. The molecular formula is C15H24F2N4O3. The molecule has 2 amide bonds. The lowest BCUT2D eigenvalue weighted by atomic mass is 10.1. The Hall–Kier alpha value is -1.32. The van der Waals surface area contributed by atoms with Crippen molar-refractivity contribution in [3.63, 3.8) is 0 Å². The second kappa shape index (κ2) is 7.28. The maximum Gasteiger partial charge on any atom is 0.262 e. The maximum atomic E-state index is 13.2. The molecular weight excluding hydrogens is 322 g/mol. The van der Waals surface area contributed by atoms with Crippen LogP contribution in [-0.2, 0) is 14.3 Å². The summed E-state index contributed by atoms with van der Waals surface area (Å²) in [7, 11) is 0. The zero-order valence-corrected chi connectivity index (χ0v) is 13.6. The van der Waals surface area contributed by atoms with Gasteiger partial charge in [0.1, 0.15) is 0 Å². The highest BCUT2D eigenvalue weighted by Crippen LogP contribution is 2.25. The molecule has 0 aromatic rings. The summed E-state index contributed by atoms with van der Waals surface area (Å²) in [6.07, 6.45) is -0.252. The van der Waals surface area contributed by atoms with Gasteiger partial charge in [-0.3, -0.25) is 19.8 Å². The topological polar surface area (TPSA) is 73.9 Å². The van der Waals surface area contributed by atoms with Crippen LogP contribution >= 0.6 is 0 Å². The largest absolute Gasteiger partial charge is 0.379 e. The molecule has 3 rings (SSSR count). The van der Waals surface area contributed by atoms with Gasteiger partial charge in [-0.2, -0.15) is 0 Å². The van der Waals surface area contributed by atoms with Crippen molar-refractivity contribution in [3.8, 4) is 0 Å². The van der Waals surface area contributed by atoms with E-state index in [4.69, 9.17) is 4.74 Å². The van der Waals surface area contributed by atoms with Gasteiger partial charge in [-0.05, 0) is 0 Å². The molecule has 2 atom stereocenters. The molecule has 3 aliphatic heterocycles. The van der Waals surface area contributed by atoms with Gasteiger partial charge in [0.2, 0.25) is 11.8 Å². The molecule has 0 aromatic carbocycles. The number of rotatable bonds is 5. The molecule has 3 fully saturated rings. The van der Waals surface area contributed by atoms with Crippen LogP contribution < -0.4 is 10.6 Å². The van der Waals surface area contributed by atoms with E-state index >= 15 is 0 Å². The fraction of sp³-hybridized carbons (Fsp3) is 0.867. The van der Waals surface area contributed by atoms with E-state index in [1.165, 1.54) is 0 Å². The Kier molecular flexibility index (Phi) is 5.31. The van der Waals surface area contributed by atoms with Crippen LogP contribution in [0.1, 0.15) is 12.8 Å². The molecule has 24 heavy (non-hydrogen) atoms. The van der Waals surface area contributed by atoms with E-state index in [1.54, 1.807) is 4.90 Å². The van der Waals surface area contributed by atoms with E-state index in [9.17, 15) is 18.4 Å². The molecule has 136 valence electrons. The molecule has 0 saturated carbocycles. The Morgan fingerprint density at radius 1 is 1.33 bits per heavy atom. The minimum absolute atomic E-state index is 0.00160. The second-order valence-corrected chi connectivity index (χ2v) is 6.70. The lowest BCUT2D eigenvalue weighted by Gasteiger charge is -2.28. The molecule has 0 aliphatic carbocycles. The third-order valence-corrected chi connectivity index (χ3v) is 4.78. The van der Waals surface area contributed by atoms with Gasteiger partial charge in [0.25, 0.3) is 5.92 Å². The molecule has 0 bridgehead atoms. The fourth-order valence-electron chi connectivity index (χ4n) is 3.37. The summed E-state index contributed by atoms with van der Waals surface area (Å²) in [5, 5.41) is 5.26. The number of morpholine rings is 1. The van der Waals surface area contributed by atoms with Crippen molar-refractivity contribution in [2.75, 3.05) is 52.5 Å². The summed E-state index contributed by atoms with van der Waals surface area (Å²) in [6.45, 7) is 4.53. The summed E-state index contributed by atoms with van der Waals surface area (Å²) in [6, 6.07) is -1.18. The van der Waals surface area contributed by atoms with E-state index in [0.29, 0.717) is 26.3 Å². The van der Waals surface area contributed by atoms with Crippen LogP contribution in [0, 0.1) is 0 Å². The number of alkyl halides is 2. The number of hydrogen-bond donors (Lipinski definition) is 2. The minimum Gasteiger partial charge on any atom is -0.379 e. The standard InChI is InChI=1S/C15H24F2N4O3/c16-15(17)8-12(18-10-15)14(23)19-11-7-13(22)21(9-11)2-1-20-3-5-24-6-4-20/h11-12,18H,1-10H2,(H,19,23). The highest BCUT2D eigenvalue weighted by atomic mass is 19.3. The number of carbonyl (C=O) groups excluding carboxylic acids is 2. The monoisotopic (exact) mass is 346 g/mol. The van der Waals surface area contributed by atoms with Crippen LogP contribution in [0.15, 0.2) is 0 Å². The van der Waals surface area contributed by atoms with Crippen molar-refractivity contribution in [1.82, 2.24) is 20.4 Å². The first kappa shape index (κ1) is 17.5. The van der Waals surface area contributed by atoms with Crippen molar-refractivity contribution in [1.29, 1.82) is 0 Å². The quantitative estimate of drug-likeness (QED) is 0.670. The molecule has 9 heteroatoms. The van der Waals surface area contributed by atoms with E-state index in [2.05, 4.69) is 15.5 Å². The van der Waals surface area contributed by atoms with Crippen LogP contribution in [0.4, 0.5) is 8.78 Å². The number of hydrogen-bond acceptors (Lipinski definition) is 5. The molecule has 2 unspecified atom stereocenters. The second-order valence-electron chi connectivity index (χ2n) is 6.70. The van der Waals surface area contributed by atoms with Crippen LogP contribution in [-0.4, -0.2) is 92.1 Å². The smallest absolute Gasteiger partial charge is 0.262 e. The van der Waals surface area contributed by atoms with Gasteiger partial charge >= 0.3 is 0 Å². The summed E-state index contributed by atoms with van der Waals surface area (Å²) >= 11 is 0. The fourth-order valence-corrected chi connectivity index (χ4v) is 3.37. The number of amides is 2. The molecule has 0 aromatic heterocycles. The van der Waals surface area contributed by atoms with Crippen molar-refractivity contribution < 1.29 is 23.1 Å². The molecule has 3 heterocycles. The van der Waals surface area contributed by atoms with Crippen molar-refractivity contribution in [2.45, 2.75) is 30.8 Å². The average Bonchev–Trinajstić information content (AvgIpc) is 3.08. The molecule has 7 nitrogen and oxygen atoms in total. The third kappa shape index (κ3) is 4.40. The zero-order chi connectivity index (χ0) is 17.2. The van der Waals surface area contributed by atoms with Crippen molar-refractivity contribution in [2.24, 2.45) is 0 Å². The molecule has 0 spiro atoms. The number of ether oxygens (including phenoxy) is 1. The summed E-state index contributed by atoms with van der Waals surface area (Å²) in [5.74, 6) is -3.28. The lowest BCUT2D eigenvalue weighted by molar-refractivity contribution is -0.128. The van der Waals surface area contributed by atoms with E-state index in [-0.39, 0.29) is 18.4 Å². The third-order valence-electron chi connectivity index (χ3n) is 4.78. The van der Waals surface area contributed by atoms with Crippen LogP contribution in [0.2, 0.25) is 0 Å². The summed E-state index contributed by atoms with van der Waals surface area (Å²) < 4.78 is 31.6. The van der Waals surface area contributed by atoms with Gasteiger partial charge in [0.05, 0.1) is 31.8 Å². The van der Waals surface area contributed by atoms with Crippen molar-refractivity contribution in [3.05, 3.63) is 0 Å². The van der Waals surface area contributed by atoms with Gasteiger partial charge in [0.15, 0.2) is 0 Å². The Bertz CT molecular complexity index is 485. The molecule has 3 aliphatic rings. The number of nitrogens with zero attached hydrogens (tertiary/aromatic N) is 2. The molecule has 2 N–H and O–H groups in total. The highest BCUT2D eigenvalue weighted by Gasteiger charge is 2.43. The predicted molar refractivity (Wildman–Crippen MR) is 81.7 cm³/mol. The number of nitrogens with one attached hydrogen (secondary N) is 2. The van der Waals surface area contributed by atoms with Crippen molar-refractivity contribution >= 4 is 11.8 Å². The predicted octanol–water partition coefficient (Wildman–Crippen LogP) is -0.967. The van der Waals surface area contributed by atoms with Gasteiger partial charge in [0, 0.05) is 45.6 Å². The first-order chi connectivity index (χ1) is 11.4. The van der Waals surface area contributed by atoms with Gasteiger partial charge in [-0.15, -0.1) is 0 Å². The highest BCUT2D eigenvalue weighted by molar-refractivity contribution is 5.85. The lowest BCUT2D eigenvalue weighted by Crippen LogP contribution is -2.46. The van der Waals surface area contributed by atoms with E-state index in [0.717, 1.165) is 19.6 Å². The molecule has 3 saturated heterocycles. The van der Waals surface area contributed by atoms with Gasteiger partial charge in [-0.25, -0.2) is 8.78 Å². The first-order valence-electron chi connectivity index (χ1n) is 8.42. The Labute approximate surface area is 139 Å². The van der Waals surface area contributed by atoms with E-state index in [1.807, 2.05) is 0 Å².